The maximum Gasteiger partial charge on any atom is 0.270 e. The van der Waals surface area contributed by atoms with Crippen LogP contribution in [0, 0.1) is 11.3 Å². The summed E-state index contributed by atoms with van der Waals surface area (Å²) < 4.78 is 6.84. The second kappa shape index (κ2) is 10.9. The predicted molar refractivity (Wildman–Crippen MR) is 116 cm³/mol. The number of benzene rings is 1. The lowest BCUT2D eigenvalue weighted by Gasteiger charge is -2.06. The number of amides is 2. The van der Waals surface area contributed by atoms with E-state index in [2.05, 4.69) is 16.0 Å². The molecule has 2 aromatic rings. The van der Waals surface area contributed by atoms with Crippen molar-refractivity contribution in [3.63, 3.8) is 0 Å². The Kier molecular flexibility index (Phi) is 8.34. The van der Waals surface area contributed by atoms with Gasteiger partial charge in [-0.1, -0.05) is 6.07 Å². The maximum atomic E-state index is 12.7. The van der Waals surface area contributed by atoms with Crippen LogP contribution in [-0.2, 0) is 20.9 Å². The minimum Gasteiger partial charge on any atom is -0.375 e. The van der Waals surface area contributed by atoms with Gasteiger partial charge in [-0.3, -0.25) is 19.0 Å². The van der Waals surface area contributed by atoms with Crippen molar-refractivity contribution >= 4 is 46.3 Å². The highest BCUT2D eigenvalue weighted by Gasteiger charge is 2.14. The molecule has 30 heavy (non-hydrogen) atoms. The Bertz CT molecular complexity index is 1140. The average Bonchev–Trinajstić information content (AvgIpc) is 3.03. The first kappa shape index (κ1) is 22.9. The molecule has 1 aromatic heterocycles. The van der Waals surface area contributed by atoms with Gasteiger partial charge in [0.15, 0.2) is 5.57 Å². The topological polar surface area (TPSA) is 125 Å². The molecule has 0 bridgehead atoms. The minimum atomic E-state index is -0.512. The summed E-state index contributed by atoms with van der Waals surface area (Å²) in [7, 11) is 1.44. The molecule has 2 rings (SSSR count). The fourth-order valence-electron chi connectivity index (χ4n) is 2.60. The van der Waals surface area contributed by atoms with Crippen molar-refractivity contribution in [2.75, 3.05) is 30.9 Å². The fourth-order valence-corrected chi connectivity index (χ4v) is 3.69. The van der Waals surface area contributed by atoms with Crippen LogP contribution in [0.4, 0.5) is 11.4 Å². The standard InChI is InChI=1S/C20H23N5O4S/c1-4-22-18(27)15(10-21)20-25(5-2)19(28)16(30-20)11-23-13-7-6-8-14(9-13)24-17(26)12-29-3/h6-9,11,23H,4-5,12H2,1-3H3,(H,22,27)(H,24,26). The quantitative estimate of drug-likeness (QED) is 0.550. The molecule has 0 unspecified atom stereocenters. The van der Waals surface area contributed by atoms with E-state index in [0.29, 0.717) is 33.7 Å². The Morgan fingerprint density at radius 2 is 2.03 bits per heavy atom. The van der Waals surface area contributed by atoms with E-state index in [0.717, 1.165) is 11.3 Å². The molecule has 158 valence electrons. The number of aromatic nitrogens is 1. The van der Waals surface area contributed by atoms with Gasteiger partial charge in [0, 0.05) is 37.8 Å². The average molecular weight is 430 g/mol. The molecule has 0 spiro atoms. The number of nitriles is 1. The molecule has 10 heteroatoms. The number of carbonyl (C=O) groups excluding carboxylic acids is 2. The van der Waals surface area contributed by atoms with Crippen molar-refractivity contribution in [2.24, 2.45) is 0 Å². The normalized spacial score (nSPS) is 12.1. The Morgan fingerprint density at radius 3 is 2.67 bits per heavy atom. The highest BCUT2D eigenvalue weighted by atomic mass is 32.1. The van der Waals surface area contributed by atoms with Crippen LogP contribution in [0.25, 0.3) is 11.8 Å². The second-order valence-electron chi connectivity index (χ2n) is 6.02. The highest BCUT2D eigenvalue weighted by molar-refractivity contribution is 7.07. The van der Waals surface area contributed by atoms with Crippen molar-refractivity contribution in [3.05, 3.63) is 43.8 Å². The lowest BCUT2D eigenvalue weighted by molar-refractivity contribution is -0.119. The van der Waals surface area contributed by atoms with Gasteiger partial charge < -0.3 is 20.7 Å². The maximum absolute atomic E-state index is 12.7. The van der Waals surface area contributed by atoms with E-state index in [1.807, 2.05) is 6.07 Å². The van der Waals surface area contributed by atoms with Crippen molar-refractivity contribution in [2.45, 2.75) is 20.4 Å². The van der Waals surface area contributed by atoms with Crippen LogP contribution in [-0.4, -0.2) is 36.6 Å². The Balaban J connectivity index is 2.41. The minimum absolute atomic E-state index is 0.0539. The summed E-state index contributed by atoms with van der Waals surface area (Å²) in [4.78, 5) is 36.5. The molecule has 0 aliphatic rings. The molecule has 0 radical (unpaired) electrons. The number of nitrogens with one attached hydrogen (secondary N) is 3. The van der Waals surface area contributed by atoms with Crippen LogP contribution in [0.1, 0.15) is 13.8 Å². The molecule has 0 atom stereocenters. The van der Waals surface area contributed by atoms with Crippen LogP contribution in [0.2, 0.25) is 0 Å². The molecule has 1 aromatic carbocycles. The third-order valence-electron chi connectivity index (χ3n) is 3.91. The summed E-state index contributed by atoms with van der Waals surface area (Å²) in [5, 5.41) is 17.7. The van der Waals surface area contributed by atoms with E-state index in [1.54, 1.807) is 38.1 Å². The zero-order chi connectivity index (χ0) is 22.1. The van der Waals surface area contributed by atoms with Gasteiger partial charge in [-0.05, 0) is 32.0 Å². The van der Waals surface area contributed by atoms with E-state index in [1.165, 1.54) is 17.9 Å². The SMILES string of the molecule is CCNC(=O)C(C#N)=c1sc(=CNc2cccc(NC(=O)COC)c2)c(=O)n1CC. The van der Waals surface area contributed by atoms with Crippen LogP contribution in [0.5, 0.6) is 0 Å². The molecule has 2 amide bonds. The van der Waals surface area contributed by atoms with Crippen LogP contribution < -0.4 is 30.7 Å². The summed E-state index contributed by atoms with van der Waals surface area (Å²) in [6.45, 7) is 4.17. The van der Waals surface area contributed by atoms with Crippen molar-refractivity contribution in [1.29, 1.82) is 5.26 Å². The molecule has 0 fully saturated rings. The molecule has 1 heterocycles. The summed E-state index contributed by atoms with van der Waals surface area (Å²) in [6.07, 6.45) is 1.52. The molecule has 0 saturated carbocycles. The number of hydrogen-bond donors (Lipinski definition) is 3. The lowest BCUT2D eigenvalue weighted by atomic mass is 10.2. The summed E-state index contributed by atoms with van der Waals surface area (Å²) in [6, 6.07) is 8.86. The van der Waals surface area contributed by atoms with E-state index in [9.17, 15) is 19.6 Å². The van der Waals surface area contributed by atoms with Gasteiger partial charge in [-0.15, -0.1) is 11.3 Å². The van der Waals surface area contributed by atoms with E-state index in [-0.39, 0.29) is 23.6 Å². The summed E-state index contributed by atoms with van der Waals surface area (Å²) in [5.74, 6) is -0.792. The highest BCUT2D eigenvalue weighted by Crippen LogP contribution is 2.15. The van der Waals surface area contributed by atoms with Crippen molar-refractivity contribution in [3.8, 4) is 6.07 Å². The number of methoxy groups -OCH3 is 1. The number of ether oxygens (including phenoxy) is 1. The van der Waals surface area contributed by atoms with E-state index >= 15 is 0 Å². The zero-order valence-electron chi connectivity index (χ0n) is 16.9. The van der Waals surface area contributed by atoms with Crippen molar-refractivity contribution < 1.29 is 14.3 Å². The van der Waals surface area contributed by atoms with Crippen molar-refractivity contribution in [1.82, 2.24) is 9.88 Å². The number of thiazole rings is 1. The Hall–Kier alpha value is -3.42. The monoisotopic (exact) mass is 429 g/mol. The van der Waals surface area contributed by atoms with Gasteiger partial charge >= 0.3 is 0 Å². The Morgan fingerprint density at radius 1 is 1.30 bits per heavy atom. The number of hydrogen-bond acceptors (Lipinski definition) is 7. The van der Waals surface area contributed by atoms with Gasteiger partial charge in [0.1, 0.15) is 21.9 Å². The number of anilines is 2. The third-order valence-corrected chi connectivity index (χ3v) is 5.04. The van der Waals surface area contributed by atoms with Gasteiger partial charge in [0.05, 0.1) is 0 Å². The third kappa shape index (κ3) is 5.56. The Labute approximate surface area is 177 Å². The van der Waals surface area contributed by atoms with Gasteiger partial charge in [-0.2, -0.15) is 5.26 Å². The lowest BCUT2D eigenvalue weighted by Crippen LogP contribution is -2.34. The molecular formula is C20H23N5O4S. The molecule has 0 aliphatic carbocycles. The summed E-state index contributed by atoms with van der Waals surface area (Å²) >= 11 is 1.06. The van der Waals surface area contributed by atoms with E-state index < -0.39 is 5.91 Å². The first-order valence-electron chi connectivity index (χ1n) is 9.22. The smallest absolute Gasteiger partial charge is 0.270 e. The zero-order valence-corrected chi connectivity index (χ0v) is 17.8. The largest absolute Gasteiger partial charge is 0.375 e. The molecule has 3 N–H and O–H groups in total. The number of rotatable bonds is 8. The van der Waals surface area contributed by atoms with Gasteiger partial charge in [0.2, 0.25) is 5.91 Å². The first-order valence-corrected chi connectivity index (χ1v) is 10.0. The fraction of sp³-hybridized carbons (Fsp3) is 0.300. The van der Waals surface area contributed by atoms with Crippen LogP contribution >= 0.6 is 11.3 Å². The first-order chi connectivity index (χ1) is 14.4. The summed E-state index contributed by atoms with van der Waals surface area (Å²) in [5.41, 5.74) is 0.829. The van der Waals surface area contributed by atoms with Crippen LogP contribution in [0.15, 0.2) is 29.1 Å². The van der Waals surface area contributed by atoms with Gasteiger partial charge in [0.25, 0.3) is 11.5 Å². The second-order valence-corrected chi connectivity index (χ2v) is 7.05. The molecule has 0 aliphatic heterocycles. The number of carbonyl (C=O) groups is 2. The molecular weight excluding hydrogens is 406 g/mol. The molecule has 0 saturated heterocycles. The van der Waals surface area contributed by atoms with Gasteiger partial charge in [-0.25, -0.2) is 0 Å². The van der Waals surface area contributed by atoms with E-state index in [4.69, 9.17) is 4.74 Å². The van der Waals surface area contributed by atoms with Crippen LogP contribution in [0.3, 0.4) is 0 Å². The predicted octanol–water partition coefficient (Wildman–Crippen LogP) is 0.175. The molecule has 9 nitrogen and oxygen atoms in total. The number of nitrogens with zero attached hydrogens (tertiary/aromatic N) is 2.